The van der Waals surface area contributed by atoms with Crippen molar-refractivity contribution in [3.8, 4) is 0 Å². The van der Waals surface area contributed by atoms with Gasteiger partial charge in [-0.05, 0) is 30.5 Å². The molecule has 0 saturated heterocycles. The first kappa shape index (κ1) is 13.3. The van der Waals surface area contributed by atoms with Gasteiger partial charge in [0.05, 0.1) is 5.92 Å². The van der Waals surface area contributed by atoms with Crippen molar-refractivity contribution in [1.29, 1.82) is 0 Å². The Morgan fingerprint density at radius 3 is 2.50 bits per heavy atom. The molecule has 5 heteroatoms. The Balaban J connectivity index is 1.94. The number of pyridine rings is 1. The van der Waals surface area contributed by atoms with Gasteiger partial charge in [-0.2, -0.15) is 13.2 Å². The van der Waals surface area contributed by atoms with Crippen LogP contribution in [0.15, 0.2) is 24.5 Å². The molecule has 18 heavy (non-hydrogen) atoms. The van der Waals surface area contributed by atoms with Crippen LogP contribution in [-0.4, -0.2) is 17.2 Å². The molecule has 0 spiro atoms. The maximum Gasteiger partial charge on any atom is 0.393 e. The lowest BCUT2D eigenvalue weighted by atomic mass is 9.84. The monoisotopic (exact) mass is 258 g/mol. The van der Waals surface area contributed by atoms with Crippen molar-refractivity contribution >= 4 is 0 Å². The molecular weight excluding hydrogens is 241 g/mol. The molecule has 100 valence electrons. The maximum atomic E-state index is 12.9. The molecule has 1 aliphatic carbocycles. The largest absolute Gasteiger partial charge is 0.393 e. The molecule has 0 aliphatic heterocycles. The zero-order valence-corrected chi connectivity index (χ0v) is 10.1. The molecule has 0 bridgehead atoms. The third-order valence-corrected chi connectivity index (χ3v) is 3.50. The number of rotatable bonds is 3. The van der Waals surface area contributed by atoms with Gasteiger partial charge in [0.15, 0.2) is 0 Å². The lowest BCUT2D eigenvalue weighted by Crippen LogP contribution is -2.45. The highest BCUT2D eigenvalue weighted by Crippen LogP contribution is 2.37. The number of nitrogens with one attached hydrogen (secondary N) is 1. The molecule has 1 aromatic rings. The fraction of sp³-hybridized carbons (Fsp3) is 0.615. The van der Waals surface area contributed by atoms with Crippen LogP contribution in [0, 0.1) is 5.92 Å². The van der Waals surface area contributed by atoms with Crippen LogP contribution in [0.25, 0.3) is 0 Å². The van der Waals surface area contributed by atoms with Crippen molar-refractivity contribution in [3.05, 3.63) is 30.1 Å². The maximum absolute atomic E-state index is 12.9. The van der Waals surface area contributed by atoms with Gasteiger partial charge in [0.2, 0.25) is 0 Å². The average Bonchev–Trinajstić information content (AvgIpc) is 2.37. The van der Waals surface area contributed by atoms with Gasteiger partial charge in [0.1, 0.15) is 0 Å². The van der Waals surface area contributed by atoms with Crippen LogP contribution in [0.4, 0.5) is 13.2 Å². The van der Waals surface area contributed by atoms with Gasteiger partial charge < -0.3 is 5.32 Å². The lowest BCUT2D eigenvalue weighted by molar-refractivity contribution is -0.189. The normalized spacial score (nSPS) is 25.1. The van der Waals surface area contributed by atoms with E-state index in [2.05, 4.69) is 10.3 Å². The molecule has 2 unspecified atom stereocenters. The van der Waals surface area contributed by atoms with E-state index in [-0.39, 0.29) is 6.42 Å². The molecule has 2 atom stereocenters. The molecule has 0 radical (unpaired) electrons. The highest BCUT2D eigenvalue weighted by molar-refractivity contribution is 5.09. The molecule has 0 aromatic carbocycles. The molecule has 1 fully saturated rings. The Kier molecular flexibility index (Phi) is 4.22. The Labute approximate surface area is 105 Å². The summed E-state index contributed by atoms with van der Waals surface area (Å²) in [4.78, 5) is 3.89. The van der Waals surface area contributed by atoms with Crippen molar-refractivity contribution < 1.29 is 13.2 Å². The van der Waals surface area contributed by atoms with Gasteiger partial charge in [-0.3, -0.25) is 4.98 Å². The van der Waals surface area contributed by atoms with E-state index in [1.54, 1.807) is 12.4 Å². The number of hydrogen-bond acceptors (Lipinski definition) is 2. The zero-order chi connectivity index (χ0) is 13.0. The Morgan fingerprint density at radius 2 is 1.83 bits per heavy atom. The predicted octanol–water partition coefficient (Wildman–Crippen LogP) is 3.29. The van der Waals surface area contributed by atoms with Gasteiger partial charge in [0.25, 0.3) is 0 Å². The zero-order valence-electron chi connectivity index (χ0n) is 10.1. The average molecular weight is 258 g/mol. The van der Waals surface area contributed by atoms with Crippen molar-refractivity contribution in [2.75, 3.05) is 0 Å². The van der Waals surface area contributed by atoms with Crippen LogP contribution in [0.1, 0.15) is 31.2 Å². The van der Waals surface area contributed by atoms with Crippen LogP contribution in [0.2, 0.25) is 0 Å². The van der Waals surface area contributed by atoms with Crippen LogP contribution < -0.4 is 5.32 Å². The van der Waals surface area contributed by atoms with Crippen molar-refractivity contribution in [3.63, 3.8) is 0 Å². The standard InChI is InChI=1S/C13H17F3N2/c14-13(15,16)11-3-1-2-4-12(11)18-9-10-5-7-17-8-6-10/h5-8,11-12,18H,1-4,9H2. The summed E-state index contributed by atoms with van der Waals surface area (Å²) < 4.78 is 38.6. The second-order valence-electron chi connectivity index (χ2n) is 4.78. The number of halogens is 3. The first-order valence-corrected chi connectivity index (χ1v) is 6.26. The van der Waals surface area contributed by atoms with Crippen LogP contribution >= 0.6 is 0 Å². The third-order valence-electron chi connectivity index (χ3n) is 3.50. The minimum atomic E-state index is -4.09. The Bertz CT molecular complexity index is 364. The van der Waals surface area contributed by atoms with E-state index in [0.29, 0.717) is 19.4 Å². The van der Waals surface area contributed by atoms with E-state index in [9.17, 15) is 13.2 Å². The second-order valence-corrected chi connectivity index (χ2v) is 4.78. The molecule has 1 aliphatic rings. The first-order valence-electron chi connectivity index (χ1n) is 6.26. The molecule has 2 nitrogen and oxygen atoms in total. The topological polar surface area (TPSA) is 24.9 Å². The predicted molar refractivity (Wildman–Crippen MR) is 62.9 cm³/mol. The first-order chi connectivity index (χ1) is 8.57. The fourth-order valence-electron chi connectivity index (χ4n) is 2.52. The number of hydrogen-bond donors (Lipinski definition) is 1. The summed E-state index contributed by atoms with van der Waals surface area (Å²) >= 11 is 0. The molecule has 1 heterocycles. The van der Waals surface area contributed by atoms with Crippen LogP contribution in [0.3, 0.4) is 0 Å². The number of alkyl halides is 3. The van der Waals surface area contributed by atoms with Gasteiger partial charge in [0, 0.05) is 25.0 Å². The summed E-state index contributed by atoms with van der Waals surface area (Å²) in [5, 5.41) is 3.05. The molecule has 1 N–H and O–H groups in total. The summed E-state index contributed by atoms with van der Waals surface area (Å²) in [7, 11) is 0. The SMILES string of the molecule is FC(F)(F)C1CCCCC1NCc1ccncc1. The van der Waals surface area contributed by atoms with Crippen LogP contribution in [-0.2, 0) is 6.54 Å². The van der Waals surface area contributed by atoms with E-state index in [0.717, 1.165) is 12.0 Å². The number of nitrogens with zero attached hydrogens (tertiary/aromatic N) is 1. The summed E-state index contributed by atoms with van der Waals surface area (Å²) in [6.07, 6.45) is 1.62. The van der Waals surface area contributed by atoms with Gasteiger partial charge in [-0.1, -0.05) is 12.8 Å². The molecule has 1 saturated carbocycles. The third kappa shape index (κ3) is 3.45. The molecular formula is C13H17F3N2. The van der Waals surface area contributed by atoms with E-state index < -0.39 is 18.1 Å². The molecule has 0 amide bonds. The molecule has 1 aromatic heterocycles. The highest BCUT2D eigenvalue weighted by atomic mass is 19.4. The molecule has 2 rings (SSSR count). The highest BCUT2D eigenvalue weighted by Gasteiger charge is 2.45. The summed E-state index contributed by atoms with van der Waals surface area (Å²) in [5.41, 5.74) is 0.969. The van der Waals surface area contributed by atoms with Crippen LogP contribution in [0.5, 0.6) is 0 Å². The lowest BCUT2D eigenvalue weighted by Gasteiger charge is -2.33. The summed E-state index contributed by atoms with van der Waals surface area (Å²) in [6.45, 7) is 0.472. The van der Waals surface area contributed by atoms with Crippen molar-refractivity contribution in [2.24, 2.45) is 5.92 Å². The quantitative estimate of drug-likeness (QED) is 0.899. The van der Waals surface area contributed by atoms with E-state index in [1.165, 1.54) is 0 Å². The van der Waals surface area contributed by atoms with Gasteiger partial charge in [-0.15, -0.1) is 0 Å². The Morgan fingerprint density at radius 1 is 1.17 bits per heavy atom. The van der Waals surface area contributed by atoms with Crippen molar-refractivity contribution in [2.45, 2.75) is 44.4 Å². The fourth-order valence-corrected chi connectivity index (χ4v) is 2.52. The minimum Gasteiger partial charge on any atom is -0.309 e. The van der Waals surface area contributed by atoms with E-state index in [1.807, 2.05) is 12.1 Å². The summed E-state index contributed by atoms with van der Waals surface area (Å²) in [6, 6.07) is 3.18. The second kappa shape index (κ2) is 5.69. The Hall–Kier alpha value is -1.10. The van der Waals surface area contributed by atoms with Gasteiger partial charge in [-0.25, -0.2) is 0 Å². The van der Waals surface area contributed by atoms with Crippen molar-refractivity contribution in [1.82, 2.24) is 10.3 Å². The van der Waals surface area contributed by atoms with E-state index in [4.69, 9.17) is 0 Å². The minimum absolute atomic E-state index is 0.248. The number of aromatic nitrogens is 1. The smallest absolute Gasteiger partial charge is 0.309 e. The summed E-state index contributed by atoms with van der Waals surface area (Å²) in [5.74, 6) is -1.20. The van der Waals surface area contributed by atoms with Gasteiger partial charge >= 0.3 is 6.18 Å². The van der Waals surface area contributed by atoms with E-state index >= 15 is 0 Å².